The Morgan fingerprint density at radius 3 is 2.61 bits per heavy atom. The van der Waals surface area contributed by atoms with Crippen LogP contribution in [-0.4, -0.2) is 64.1 Å². The highest BCUT2D eigenvalue weighted by Gasteiger charge is 2.26. The van der Waals surface area contributed by atoms with Crippen LogP contribution in [0.4, 0.5) is 16.0 Å². The molecule has 1 amide bonds. The Hall–Kier alpha value is -4.63. The number of anilines is 2. The lowest BCUT2D eigenvalue weighted by molar-refractivity contribution is -0.125. The van der Waals surface area contributed by atoms with E-state index in [1.165, 1.54) is 37.8 Å². The molecule has 6 rings (SSSR count). The van der Waals surface area contributed by atoms with E-state index in [9.17, 15) is 13.2 Å². The number of pyridine rings is 2. The number of carbonyl (C=O) groups excluding carboxylic acids is 1. The van der Waals surface area contributed by atoms with Crippen molar-refractivity contribution in [2.45, 2.75) is 36.6 Å². The van der Waals surface area contributed by atoms with Gasteiger partial charge in [-0.2, -0.15) is 4.98 Å². The van der Waals surface area contributed by atoms with E-state index in [1.807, 2.05) is 0 Å². The van der Waals surface area contributed by atoms with E-state index < -0.39 is 15.8 Å². The zero-order chi connectivity index (χ0) is 31.0. The van der Waals surface area contributed by atoms with E-state index in [0.29, 0.717) is 28.2 Å². The minimum Gasteiger partial charge on any atom is -0.480 e. The van der Waals surface area contributed by atoms with Crippen molar-refractivity contribution in [1.29, 1.82) is 0 Å². The van der Waals surface area contributed by atoms with Gasteiger partial charge in [-0.15, -0.1) is 10.2 Å². The molecule has 1 aromatic carbocycles. The number of rotatable bonds is 8. The summed E-state index contributed by atoms with van der Waals surface area (Å²) in [4.78, 5) is 24.8. The third kappa shape index (κ3) is 5.67. The van der Waals surface area contributed by atoms with Gasteiger partial charge in [0.2, 0.25) is 17.7 Å². The number of sulfonamides is 1. The molecule has 4 aromatic heterocycles. The van der Waals surface area contributed by atoms with Gasteiger partial charge in [-0.3, -0.25) is 13.9 Å². The summed E-state index contributed by atoms with van der Waals surface area (Å²) in [7, 11) is -1.27. The fourth-order valence-electron chi connectivity index (χ4n) is 5.38. The summed E-state index contributed by atoms with van der Waals surface area (Å²) < 4.78 is 50.8. The largest absolute Gasteiger partial charge is 0.480 e. The molecule has 0 unspecified atom stereocenters. The van der Waals surface area contributed by atoms with E-state index in [4.69, 9.17) is 16.3 Å². The smallest absolute Gasteiger partial charge is 0.267 e. The minimum atomic E-state index is -4.21. The van der Waals surface area contributed by atoms with Gasteiger partial charge in [0.05, 0.1) is 12.1 Å². The van der Waals surface area contributed by atoms with E-state index in [-0.39, 0.29) is 44.9 Å². The molecule has 5 aromatic rings. The molecule has 0 saturated heterocycles. The summed E-state index contributed by atoms with van der Waals surface area (Å²) in [5.74, 6) is -0.261. The Morgan fingerprint density at radius 2 is 1.86 bits per heavy atom. The number of benzene rings is 1. The first-order chi connectivity index (χ1) is 21.2. The van der Waals surface area contributed by atoms with Gasteiger partial charge in [0.1, 0.15) is 12.1 Å². The first-order valence-corrected chi connectivity index (χ1v) is 15.5. The number of ether oxygens (including phenoxy) is 1. The lowest BCUT2D eigenvalue weighted by Crippen LogP contribution is -2.34. The molecule has 16 heteroatoms. The van der Waals surface area contributed by atoms with Crippen molar-refractivity contribution in [3.63, 3.8) is 0 Å². The van der Waals surface area contributed by atoms with E-state index in [2.05, 4.69) is 40.5 Å². The number of hydrogen-bond donors (Lipinski definition) is 3. The Bertz CT molecular complexity index is 2000. The second-order valence-electron chi connectivity index (χ2n) is 10.3. The fourth-order valence-corrected chi connectivity index (χ4v) is 6.80. The van der Waals surface area contributed by atoms with E-state index in [0.717, 1.165) is 31.7 Å². The normalized spacial score (nSPS) is 17.0. The van der Waals surface area contributed by atoms with Crippen molar-refractivity contribution >= 4 is 55.8 Å². The van der Waals surface area contributed by atoms with Crippen LogP contribution in [0.1, 0.15) is 25.7 Å². The molecule has 0 bridgehead atoms. The molecular weight excluding hydrogens is 613 g/mol. The van der Waals surface area contributed by atoms with Gasteiger partial charge in [0, 0.05) is 53.6 Å². The van der Waals surface area contributed by atoms with Crippen molar-refractivity contribution in [1.82, 2.24) is 34.9 Å². The Labute approximate surface area is 256 Å². The zero-order valence-electron chi connectivity index (χ0n) is 23.6. The fraction of sp³-hybridized carbons (Fsp3) is 0.286. The monoisotopic (exact) mass is 639 g/mol. The summed E-state index contributed by atoms with van der Waals surface area (Å²) in [5.41, 5.74) is 1.34. The van der Waals surface area contributed by atoms with Crippen LogP contribution in [0.5, 0.6) is 5.88 Å². The van der Waals surface area contributed by atoms with Crippen molar-refractivity contribution in [3.8, 4) is 17.0 Å². The minimum absolute atomic E-state index is 0.0107. The Kier molecular flexibility index (Phi) is 7.90. The summed E-state index contributed by atoms with van der Waals surface area (Å²) in [6, 6.07) is 6.82. The standard InChI is InChI=1S/C28H27ClFN9O4S/c1-31-26(40)15-3-5-18(6-4-15)35-28-33-12-16-9-21(25-37-34-14-39(25)24(16)36-28)20-11-19(7-8-22(20)30)38-44(41,42)23-10-17(29)13-32-27(23)43-2/h7-15,18,38H,3-6H2,1-2H3,(H,31,40)(H,33,35,36). The van der Waals surface area contributed by atoms with Crippen LogP contribution in [0.2, 0.25) is 5.02 Å². The Morgan fingerprint density at radius 1 is 1.07 bits per heavy atom. The number of nitrogens with one attached hydrogen (secondary N) is 3. The van der Waals surface area contributed by atoms with Gasteiger partial charge < -0.3 is 15.4 Å². The number of amides is 1. The highest BCUT2D eigenvalue weighted by atomic mass is 35.5. The first-order valence-electron chi connectivity index (χ1n) is 13.7. The number of hydrogen-bond acceptors (Lipinski definition) is 10. The molecule has 0 aliphatic heterocycles. The number of aromatic nitrogens is 6. The summed E-state index contributed by atoms with van der Waals surface area (Å²) >= 11 is 5.98. The van der Waals surface area contributed by atoms with Crippen LogP contribution < -0.4 is 20.1 Å². The number of fused-ring (bicyclic) bond motifs is 3. The number of carbonyl (C=O) groups is 1. The molecule has 4 heterocycles. The van der Waals surface area contributed by atoms with Crippen molar-refractivity contribution < 1.29 is 22.3 Å². The number of nitrogens with zero attached hydrogens (tertiary/aromatic N) is 6. The van der Waals surface area contributed by atoms with Crippen LogP contribution in [0.3, 0.4) is 0 Å². The van der Waals surface area contributed by atoms with Gasteiger partial charge in [-0.25, -0.2) is 22.8 Å². The highest BCUT2D eigenvalue weighted by Crippen LogP contribution is 2.34. The quantitative estimate of drug-likeness (QED) is 0.225. The van der Waals surface area contributed by atoms with Gasteiger partial charge >= 0.3 is 0 Å². The molecule has 228 valence electrons. The van der Waals surface area contributed by atoms with Gasteiger partial charge in [-0.05, 0) is 56.0 Å². The number of halogens is 2. The van der Waals surface area contributed by atoms with Crippen LogP contribution in [-0.2, 0) is 14.8 Å². The molecule has 3 N–H and O–H groups in total. The maximum absolute atomic E-state index is 15.3. The summed E-state index contributed by atoms with van der Waals surface area (Å²) in [6.07, 6.45) is 7.51. The summed E-state index contributed by atoms with van der Waals surface area (Å²) in [6.45, 7) is 0. The maximum atomic E-state index is 15.3. The predicted molar refractivity (Wildman–Crippen MR) is 162 cm³/mol. The lowest BCUT2D eigenvalue weighted by atomic mass is 9.85. The maximum Gasteiger partial charge on any atom is 0.267 e. The average molecular weight is 640 g/mol. The number of methoxy groups -OCH3 is 1. The SMILES string of the molecule is CNC(=O)C1CCC(Nc2ncc3cc(-c4cc(NS(=O)(=O)c5cc(Cl)cnc5OC)ccc4F)c4nncn4c3n2)CC1. The first kappa shape index (κ1) is 29.4. The van der Waals surface area contributed by atoms with Crippen molar-refractivity contribution in [2.75, 3.05) is 24.2 Å². The van der Waals surface area contributed by atoms with Crippen LogP contribution in [0.25, 0.3) is 27.8 Å². The van der Waals surface area contributed by atoms with Crippen molar-refractivity contribution in [2.24, 2.45) is 5.92 Å². The molecular formula is C28H27ClFN9O4S. The molecule has 13 nitrogen and oxygen atoms in total. The third-order valence-electron chi connectivity index (χ3n) is 7.57. The molecule has 0 spiro atoms. The van der Waals surface area contributed by atoms with Crippen LogP contribution in [0, 0.1) is 11.7 Å². The third-order valence-corrected chi connectivity index (χ3v) is 9.15. The van der Waals surface area contributed by atoms with Crippen LogP contribution >= 0.6 is 11.6 Å². The van der Waals surface area contributed by atoms with Gasteiger partial charge in [-0.1, -0.05) is 11.6 Å². The summed E-state index contributed by atoms with van der Waals surface area (Å²) in [5, 5.41) is 15.0. The highest BCUT2D eigenvalue weighted by molar-refractivity contribution is 7.92. The van der Waals surface area contributed by atoms with Gasteiger partial charge in [0.25, 0.3) is 10.0 Å². The van der Waals surface area contributed by atoms with E-state index >= 15 is 4.39 Å². The van der Waals surface area contributed by atoms with Gasteiger partial charge in [0.15, 0.2) is 16.2 Å². The molecule has 1 aliphatic rings. The lowest BCUT2D eigenvalue weighted by Gasteiger charge is -2.28. The molecule has 1 aliphatic carbocycles. The second-order valence-corrected chi connectivity index (χ2v) is 12.4. The molecule has 1 saturated carbocycles. The zero-order valence-corrected chi connectivity index (χ0v) is 25.2. The molecule has 1 fully saturated rings. The topological polar surface area (TPSA) is 165 Å². The predicted octanol–water partition coefficient (Wildman–Crippen LogP) is 4.05. The second kappa shape index (κ2) is 11.8. The van der Waals surface area contributed by atoms with E-state index in [1.54, 1.807) is 23.7 Å². The average Bonchev–Trinajstić information content (AvgIpc) is 3.52. The molecule has 44 heavy (non-hydrogen) atoms. The Balaban J connectivity index is 1.31. The van der Waals surface area contributed by atoms with Crippen molar-refractivity contribution in [3.05, 3.63) is 59.9 Å². The molecule has 0 radical (unpaired) electrons. The van der Waals surface area contributed by atoms with Crippen LogP contribution in [0.15, 0.2) is 53.9 Å². The molecule has 0 atom stereocenters.